The molecule has 0 amide bonds. The van der Waals surface area contributed by atoms with E-state index in [0.717, 1.165) is 18.6 Å². The van der Waals surface area contributed by atoms with Gasteiger partial charge in [-0.05, 0) is 25.0 Å². The van der Waals surface area contributed by atoms with Gasteiger partial charge in [0, 0.05) is 0 Å². The number of aromatic carboxylic acids is 2. The number of rotatable bonds is 4. The molecule has 0 bridgehead atoms. The van der Waals surface area contributed by atoms with Crippen molar-refractivity contribution < 1.29 is 44.0 Å². The number of furan rings is 1. The molecular weight excluding hydrogens is 312 g/mol. The van der Waals surface area contributed by atoms with Crippen LogP contribution < -0.4 is 0 Å². The second-order valence-corrected chi connectivity index (χ2v) is 5.03. The Morgan fingerprint density at radius 1 is 0.783 bits per heavy atom. The molecule has 1 aromatic rings. The van der Waals surface area contributed by atoms with E-state index < -0.39 is 29.3 Å². The van der Waals surface area contributed by atoms with Gasteiger partial charge < -0.3 is 24.8 Å². The lowest BCUT2D eigenvalue weighted by Gasteiger charge is -2.28. The molecule has 0 unspecified atom stereocenters. The van der Waals surface area contributed by atoms with Crippen LogP contribution in [0.2, 0.25) is 0 Å². The van der Waals surface area contributed by atoms with Gasteiger partial charge in [-0.25, -0.2) is 9.59 Å². The number of carbonyl (C=O) groups is 4. The molecule has 1 heterocycles. The number of hydrogen-bond donors (Lipinski definition) is 4. The molecule has 1 aliphatic rings. The largest absolute Gasteiger partial charge is 0.480 e. The van der Waals surface area contributed by atoms with Crippen molar-refractivity contribution in [1.82, 2.24) is 0 Å². The summed E-state index contributed by atoms with van der Waals surface area (Å²) in [5.41, 5.74) is -1.49. The van der Waals surface area contributed by atoms with Gasteiger partial charge in [0.05, 0.1) is 0 Å². The van der Waals surface area contributed by atoms with E-state index in [2.05, 4.69) is 4.42 Å². The minimum atomic E-state index is -1.49. The molecule has 0 saturated heterocycles. The standard InChI is InChI=1S/C8H12O4.C6H4O5/c9-6(10)8(7(11)12)4-2-1-3-5-8;7-5(8)3-1-2-4(11-3)6(9)10/h1-5H2,(H,9,10)(H,11,12);1-2H,(H,7,8)(H,9,10). The van der Waals surface area contributed by atoms with Gasteiger partial charge in [-0.1, -0.05) is 19.3 Å². The maximum absolute atomic E-state index is 10.7. The normalized spacial score (nSPS) is 15.8. The van der Waals surface area contributed by atoms with Crippen LogP contribution in [0.4, 0.5) is 0 Å². The Bertz CT molecular complexity index is 563. The Balaban J connectivity index is 0.000000231. The first-order chi connectivity index (χ1) is 10.7. The zero-order chi connectivity index (χ0) is 17.6. The highest BCUT2D eigenvalue weighted by atomic mass is 16.4. The molecule has 0 aliphatic heterocycles. The first-order valence-corrected chi connectivity index (χ1v) is 6.74. The molecule has 0 aromatic carbocycles. The summed E-state index contributed by atoms with van der Waals surface area (Å²) >= 11 is 0. The lowest BCUT2D eigenvalue weighted by molar-refractivity contribution is -0.167. The van der Waals surface area contributed by atoms with Crippen LogP contribution in [-0.4, -0.2) is 44.3 Å². The molecule has 1 aromatic heterocycles. The van der Waals surface area contributed by atoms with Crippen LogP contribution in [0.5, 0.6) is 0 Å². The van der Waals surface area contributed by atoms with Crippen molar-refractivity contribution in [2.75, 3.05) is 0 Å². The number of hydrogen-bond acceptors (Lipinski definition) is 5. The van der Waals surface area contributed by atoms with Crippen molar-refractivity contribution in [3.8, 4) is 0 Å². The van der Waals surface area contributed by atoms with Crippen LogP contribution in [0, 0.1) is 5.41 Å². The van der Waals surface area contributed by atoms with Crippen LogP contribution in [0.25, 0.3) is 0 Å². The summed E-state index contributed by atoms with van der Waals surface area (Å²) in [7, 11) is 0. The van der Waals surface area contributed by atoms with Gasteiger partial charge in [-0.15, -0.1) is 0 Å². The summed E-state index contributed by atoms with van der Waals surface area (Å²) in [5.74, 6) is -5.68. The van der Waals surface area contributed by atoms with Gasteiger partial charge >= 0.3 is 23.9 Å². The van der Waals surface area contributed by atoms with Gasteiger partial charge in [0.2, 0.25) is 11.5 Å². The van der Waals surface area contributed by atoms with Crippen LogP contribution in [-0.2, 0) is 9.59 Å². The highest BCUT2D eigenvalue weighted by Gasteiger charge is 2.46. The first kappa shape index (κ1) is 18.2. The Morgan fingerprint density at radius 3 is 1.39 bits per heavy atom. The second kappa shape index (κ2) is 7.43. The molecule has 23 heavy (non-hydrogen) atoms. The van der Waals surface area contributed by atoms with E-state index in [0.29, 0.717) is 12.8 Å². The van der Waals surface area contributed by atoms with E-state index in [1.165, 1.54) is 0 Å². The minimum absolute atomic E-state index is 0.275. The zero-order valence-corrected chi connectivity index (χ0v) is 12.0. The van der Waals surface area contributed by atoms with Crippen molar-refractivity contribution in [3.63, 3.8) is 0 Å². The van der Waals surface area contributed by atoms with E-state index in [-0.39, 0.29) is 24.4 Å². The molecule has 0 atom stereocenters. The molecule has 1 aliphatic carbocycles. The maximum Gasteiger partial charge on any atom is 0.371 e. The molecular formula is C14H16O9. The molecule has 0 spiro atoms. The molecule has 1 saturated carbocycles. The number of aliphatic carboxylic acids is 2. The topological polar surface area (TPSA) is 162 Å². The van der Waals surface area contributed by atoms with Crippen molar-refractivity contribution in [1.29, 1.82) is 0 Å². The fraction of sp³-hybridized carbons (Fsp3) is 0.429. The summed E-state index contributed by atoms with van der Waals surface area (Å²) in [4.78, 5) is 41.8. The van der Waals surface area contributed by atoms with E-state index in [9.17, 15) is 19.2 Å². The lowest BCUT2D eigenvalue weighted by Crippen LogP contribution is -2.40. The van der Waals surface area contributed by atoms with Crippen molar-refractivity contribution >= 4 is 23.9 Å². The molecule has 9 nitrogen and oxygen atoms in total. The summed E-state index contributed by atoms with van der Waals surface area (Å²) in [6.07, 6.45) is 2.91. The van der Waals surface area contributed by atoms with Gasteiger partial charge in [-0.2, -0.15) is 0 Å². The predicted molar refractivity (Wildman–Crippen MR) is 73.4 cm³/mol. The minimum Gasteiger partial charge on any atom is -0.480 e. The number of carboxylic acid groups (broad SMARTS) is 4. The van der Waals surface area contributed by atoms with Crippen molar-refractivity contribution in [2.45, 2.75) is 32.1 Å². The van der Waals surface area contributed by atoms with Gasteiger partial charge in [-0.3, -0.25) is 9.59 Å². The predicted octanol–water partition coefficient (Wildman–Crippen LogP) is 1.78. The fourth-order valence-corrected chi connectivity index (χ4v) is 2.24. The Kier molecular flexibility index (Phi) is 5.88. The molecule has 9 heteroatoms. The Morgan fingerprint density at radius 2 is 1.17 bits per heavy atom. The monoisotopic (exact) mass is 328 g/mol. The molecule has 1 fully saturated rings. The molecule has 4 N–H and O–H groups in total. The SMILES string of the molecule is O=C(O)C1(C(=O)O)CCCCC1.O=C(O)c1ccc(C(=O)O)o1. The van der Waals surface area contributed by atoms with Gasteiger partial charge in [0.25, 0.3) is 0 Å². The van der Waals surface area contributed by atoms with E-state index in [1.807, 2.05) is 0 Å². The summed E-state index contributed by atoms with van der Waals surface area (Å²) in [6, 6.07) is 2.18. The van der Waals surface area contributed by atoms with Gasteiger partial charge in [0.1, 0.15) is 0 Å². The van der Waals surface area contributed by atoms with Crippen molar-refractivity contribution in [2.24, 2.45) is 5.41 Å². The average Bonchev–Trinajstić information content (AvgIpc) is 2.98. The van der Waals surface area contributed by atoms with Gasteiger partial charge in [0.15, 0.2) is 5.41 Å². The van der Waals surface area contributed by atoms with Crippen molar-refractivity contribution in [3.05, 3.63) is 23.7 Å². The molecule has 126 valence electrons. The van der Waals surface area contributed by atoms with Crippen LogP contribution in [0.15, 0.2) is 16.5 Å². The third-order valence-corrected chi connectivity index (χ3v) is 3.55. The highest BCUT2D eigenvalue weighted by molar-refractivity contribution is 5.98. The third kappa shape index (κ3) is 4.31. The lowest BCUT2D eigenvalue weighted by atomic mass is 9.74. The molecule has 0 radical (unpaired) electrons. The second-order valence-electron chi connectivity index (χ2n) is 5.03. The van der Waals surface area contributed by atoms with E-state index in [4.69, 9.17) is 20.4 Å². The maximum atomic E-state index is 10.7. The smallest absolute Gasteiger partial charge is 0.371 e. The zero-order valence-electron chi connectivity index (χ0n) is 12.0. The summed E-state index contributed by atoms with van der Waals surface area (Å²) in [6.45, 7) is 0. The van der Waals surface area contributed by atoms with E-state index >= 15 is 0 Å². The first-order valence-electron chi connectivity index (χ1n) is 6.74. The highest BCUT2D eigenvalue weighted by Crippen LogP contribution is 2.36. The summed E-state index contributed by atoms with van der Waals surface area (Å²) in [5, 5.41) is 34.1. The van der Waals surface area contributed by atoms with Crippen LogP contribution >= 0.6 is 0 Å². The van der Waals surface area contributed by atoms with Crippen LogP contribution in [0.3, 0.4) is 0 Å². The fourth-order valence-electron chi connectivity index (χ4n) is 2.24. The van der Waals surface area contributed by atoms with Crippen LogP contribution in [0.1, 0.15) is 53.2 Å². The average molecular weight is 328 g/mol. The summed E-state index contributed by atoms with van der Waals surface area (Å²) < 4.78 is 4.41. The Hall–Kier alpha value is -2.84. The third-order valence-electron chi connectivity index (χ3n) is 3.55. The van der Waals surface area contributed by atoms with E-state index in [1.54, 1.807) is 0 Å². The molecule has 2 rings (SSSR count). The quantitative estimate of drug-likeness (QED) is 0.603. The Labute approximate surface area is 130 Å². The number of carboxylic acids is 4.